The van der Waals surface area contributed by atoms with Crippen molar-refractivity contribution in [3.05, 3.63) is 47.8 Å². The Balaban J connectivity index is 1.77. The summed E-state index contributed by atoms with van der Waals surface area (Å²) in [4.78, 5) is 11.9. The summed E-state index contributed by atoms with van der Waals surface area (Å²) in [5.74, 6) is 0.332. The summed E-state index contributed by atoms with van der Waals surface area (Å²) in [7, 11) is 0. The van der Waals surface area contributed by atoms with E-state index in [1.165, 1.54) is 0 Å². The molecule has 0 saturated heterocycles. The molecule has 1 aromatic heterocycles. The van der Waals surface area contributed by atoms with Gasteiger partial charge in [0, 0.05) is 30.7 Å². The maximum Gasteiger partial charge on any atom is 0.251 e. The fourth-order valence-corrected chi connectivity index (χ4v) is 1.86. The van der Waals surface area contributed by atoms with Crippen molar-refractivity contribution in [2.45, 2.75) is 18.8 Å². The molecule has 0 bridgehead atoms. The second-order valence-corrected chi connectivity index (χ2v) is 4.38. The number of carbonyl (C=O) groups excluding carboxylic acids is 1. The molecule has 2 rings (SSSR count). The Morgan fingerprint density at radius 3 is 3.05 bits per heavy atom. The third-order valence-electron chi connectivity index (χ3n) is 2.66. The Morgan fingerprint density at radius 2 is 2.32 bits per heavy atom. The molecule has 2 aromatic rings. The van der Waals surface area contributed by atoms with Crippen molar-refractivity contribution >= 4 is 17.5 Å². The van der Waals surface area contributed by atoms with Crippen LogP contribution in [0.1, 0.15) is 22.3 Å². The van der Waals surface area contributed by atoms with E-state index in [4.69, 9.17) is 11.6 Å². The third-order valence-corrected chi connectivity index (χ3v) is 2.97. The van der Waals surface area contributed by atoms with E-state index < -0.39 is 0 Å². The van der Waals surface area contributed by atoms with Crippen LogP contribution in [0, 0.1) is 0 Å². The largest absolute Gasteiger partial charge is 0.352 e. The number of benzene rings is 1. The molecule has 0 radical (unpaired) electrons. The SMILES string of the molecule is O=C(NCCCn1ccnn1)c1cccc(CCl)c1. The number of aryl methyl sites for hydroxylation is 1. The van der Waals surface area contributed by atoms with Crippen molar-refractivity contribution in [2.75, 3.05) is 6.54 Å². The molecular weight excluding hydrogens is 264 g/mol. The van der Waals surface area contributed by atoms with Crippen molar-refractivity contribution in [1.82, 2.24) is 20.3 Å². The second kappa shape index (κ2) is 6.89. The third kappa shape index (κ3) is 4.06. The quantitative estimate of drug-likeness (QED) is 0.648. The molecule has 0 aliphatic carbocycles. The van der Waals surface area contributed by atoms with Gasteiger partial charge in [-0.1, -0.05) is 17.3 Å². The van der Waals surface area contributed by atoms with Crippen molar-refractivity contribution in [1.29, 1.82) is 0 Å². The molecule has 1 heterocycles. The minimum atomic E-state index is -0.0782. The Kier molecular flexibility index (Phi) is 4.92. The first kappa shape index (κ1) is 13.5. The monoisotopic (exact) mass is 278 g/mol. The Morgan fingerprint density at radius 1 is 1.42 bits per heavy atom. The lowest BCUT2D eigenvalue weighted by Crippen LogP contribution is -2.25. The van der Waals surface area contributed by atoms with Gasteiger partial charge in [-0.2, -0.15) is 0 Å². The van der Waals surface area contributed by atoms with Gasteiger partial charge in [0.25, 0.3) is 5.91 Å². The van der Waals surface area contributed by atoms with E-state index in [0.717, 1.165) is 18.5 Å². The number of nitrogens with zero attached hydrogens (tertiary/aromatic N) is 3. The van der Waals surface area contributed by atoms with E-state index >= 15 is 0 Å². The highest BCUT2D eigenvalue weighted by molar-refractivity contribution is 6.17. The van der Waals surface area contributed by atoms with E-state index in [-0.39, 0.29) is 5.91 Å². The van der Waals surface area contributed by atoms with E-state index in [1.807, 2.05) is 12.1 Å². The van der Waals surface area contributed by atoms with Gasteiger partial charge in [-0.05, 0) is 24.1 Å². The smallest absolute Gasteiger partial charge is 0.251 e. The summed E-state index contributed by atoms with van der Waals surface area (Å²) < 4.78 is 1.74. The normalized spacial score (nSPS) is 10.4. The molecule has 1 aromatic carbocycles. The number of hydrogen-bond acceptors (Lipinski definition) is 3. The van der Waals surface area contributed by atoms with Gasteiger partial charge in [0.2, 0.25) is 0 Å². The van der Waals surface area contributed by atoms with E-state index in [1.54, 1.807) is 29.2 Å². The lowest BCUT2D eigenvalue weighted by atomic mass is 10.1. The molecule has 5 nitrogen and oxygen atoms in total. The van der Waals surface area contributed by atoms with Crippen LogP contribution in [-0.2, 0) is 12.4 Å². The molecule has 100 valence electrons. The number of amides is 1. The lowest BCUT2D eigenvalue weighted by Gasteiger charge is -2.06. The standard InChI is InChI=1S/C13H15ClN4O/c14-10-11-3-1-4-12(9-11)13(19)15-5-2-7-18-8-6-16-17-18/h1,3-4,6,8-9H,2,5,7,10H2,(H,15,19). The number of rotatable bonds is 6. The fraction of sp³-hybridized carbons (Fsp3) is 0.308. The molecule has 0 aliphatic heterocycles. The van der Waals surface area contributed by atoms with Crippen LogP contribution in [0.5, 0.6) is 0 Å². The van der Waals surface area contributed by atoms with Crippen LogP contribution in [0.3, 0.4) is 0 Å². The topological polar surface area (TPSA) is 59.8 Å². The number of hydrogen-bond donors (Lipinski definition) is 1. The number of halogens is 1. The van der Waals surface area contributed by atoms with Gasteiger partial charge in [0.1, 0.15) is 0 Å². The first-order valence-corrected chi connectivity index (χ1v) is 6.60. The van der Waals surface area contributed by atoms with Crippen LogP contribution >= 0.6 is 11.6 Å². The van der Waals surface area contributed by atoms with Gasteiger partial charge in [-0.25, -0.2) is 0 Å². The first-order valence-electron chi connectivity index (χ1n) is 6.07. The second-order valence-electron chi connectivity index (χ2n) is 4.11. The predicted octanol–water partition coefficient (Wildman–Crippen LogP) is 1.84. The highest BCUT2D eigenvalue weighted by Gasteiger charge is 2.05. The number of aromatic nitrogens is 3. The Labute approximate surface area is 116 Å². The summed E-state index contributed by atoms with van der Waals surface area (Å²) in [6.45, 7) is 1.34. The average Bonchev–Trinajstić information content (AvgIpc) is 2.96. The molecule has 0 unspecified atom stereocenters. The lowest BCUT2D eigenvalue weighted by molar-refractivity contribution is 0.0952. The van der Waals surface area contributed by atoms with Gasteiger partial charge >= 0.3 is 0 Å². The van der Waals surface area contributed by atoms with Crippen LogP contribution < -0.4 is 5.32 Å². The van der Waals surface area contributed by atoms with Crippen molar-refractivity contribution in [3.8, 4) is 0 Å². The van der Waals surface area contributed by atoms with Crippen molar-refractivity contribution < 1.29 is 4.79 Å². The molecule has 0 spiro atoms. The minimum absolute atomic E-state index is 0.0782. The molecule has 1 N–H and O–H groups in total. The Hall–Kier alpha value is -1.88. The van der Waals surface area contributed by atoms with Crippen molar-refractivity contribution in [2.24, 2.45) is 0 Å². The van der Waals surface area contributed by atoms with Crippen LogP contribution in [0.15, 0.2) is 36.7 Å². The number of alkyl halides is 1. The predicted molar refractivity (Wildman–Crippen MR) is 73.0 cm³/mol. The van der Waals surface area contributed by atoms with E-state index in [9.17, 15) is 4.79 Å². The zero-order valence-electron chi connectivity index (χ0n) is 10.4. The maximum absolute atomic E-state index is 11.9. The average molecular weight is 279 g/mol. The summed E-state index contributed by atoms with van der Waals surface area (Å²) in [5.41, 5.74) is 1.58. The summed E-state index contributed by atoms with van der Waals surface area (Å²) in [5, 5.41) is 10.4. The molecule has 0 fully saturated rings. The molecule has 19 heavy (non-hydrogen) atoms. The first-order chi connectivity index (χ1) is 9.29. The summed E-state index contributed by atoms with van der Waals surface area (Å²) in [6, 6.07) is 7.32. The number of carbonyl (C=O) groups is 1. The van der Waals surface area contributed by atoms with Crippen LogP contribution in [-0.4, -0.2) is 27.4 Å². The summed E-state index contributed by atoms with van der Waals surface area (Å²) >= 11 is 5.74. The van der Waals surface area contributed by atoms with Gasteiger partial charge in [-0.3, -0.25) is 9.48 Å². The molecule has 6 heteroatoms. The highest BCUT2D eigenvalue weighted by Crippen LogP contribution is 2.07. The van der Waals surface area contributed by atoms with Crippen LogP contribution in [0.25, 0.3) is 0 Å². The van der Waals surface area contributed by atoms with E-state index in [0.29, 0.717) is 18.0 Å². The molecule has 1 amide bonds. The maximum atomic E-state index is 11.9. The molecule has 0 aliphatic rings. The molecule has 0 atom stereocenters. The van der Waals surface area contributed by atoms with Crippen LogP contribution in [0.2, 0.25) is 0 Å². The zero-order valence-corrected chi connectivity index (χ0v) is 11.2. The van der Waals surface area contributed by atoms with Crippen molar-refractivity contribution in [3.63, 3.8) is 0 Å². The Bertz CT molecular complexity index is 527. The van der Waals surface area contributed by atoms with Crippen LogP contribution in [0.4, 0.5) is 0 Å². The molecular formula is C13H15ClN4O. The van der Waals surface area contributed by atoms with Gasteiger partial charge in [0.05, 0.1) is 6.20 Å². The van der Waals surface area contributed by atoms with Gasteiger partial charge in [0.15, 0.2) is 0 Å². The zero-order chi connectivity index (χ0) is 13.5. The van der Waals surface area contributed by atoms with Gasteiger partial charge < -0.3 is 5.32 Å². The minimum Gasteiger partial charge on any atom is -0.352 e. The van der Waals surface area contributed by atoms with Gasteiger partial charge in [-0.15, -0.1) is 16.7 Å². The van der Waals surface area contributed by atoms with E-state index in [2.05, 4.69) is 15.6 Å². The molecule has 0 saturated carbocycles. The number of nitrogens with one attached hydrogen (secondary N) is 1. The fourth-order valence-electron chi connectivity index (χ4n) is 1.69. The summed E-state index contributed by atoms with van der Waals surface area (Å²) in [6.07, 6.45) is 4.24. The highest BCUT2D eigenvalue weighted by atomic mass is 35.5.